The summed E-state index contributed by atoms with van der Waals surface area (Å²) in [7, 11) is 0. The minimum atomic E-state index is 0.668. The van der Waals surface area contributed by atoms with Crippen molar-refractivity contribution in [3.8, 4) is 0 Å². The van der Waals surface area contributed by atoms with E-state index in [0.717, 1.165) is 19.6 Å². The summed E-state index contributed by atoms with van der Waals surface area (Å²) in [4.78, 5) is 4.85. The van der Waals surface area contributed by atoms with Gasteiger partial charge in [-0.15, -0.1) is 11.3 Å². The van der Waals surface area contributed by atoms with Crippen molar-refractivity contribution < 1.29 is 0 Å². The SMILES string of the molecule is c1sc(C2CCCNC2)nc1C1CCNC1. The molecule has 2 atom stereocenters. The van der Waals surface area contributed by atoms with Gasteiger partial charge in [0, 0.05) is 30.3 Å². The average Bonchev–Trinajstić information content (AvgIpc) is 3.01. The van der Waals surface area contributed by atoms with Crippen LogP contribution in [0.15, 0.2) is 5.38 Å². The van der Waals surface area contributed by atoms with Gasteiger partial charge in [0.25, 0.3) is 0 Å². The summed E-state index contributed by atoms with van der Waals surface area (Å²) in [6.07, 6.45) is 3.86. The highest BCUT2D eigenvalue weighted by Crippen LogP contribution is 2.30. The molecule has 0 bridgehead atoms. The van der Waals surface area contributed by atoms with E-state index in [1.54, 1.807) is 0 Å². The van der Waals surface area contributed by atoms with Gasteiger partial charge in [-0.1, -0.05) is 0 Å². The van der Waals surface area contributed by atoms with Gasteiger partial charge in [0.1, 0.15) is 0 Å². The first-order valence-electron chi connectivity index (χ1n) is 6.30. The van der Waals surface area contributed by atoms with Crippen molar-refractivity contribution in [1.29, 1.82) is 0 Å². The summed E-state index contributed by atoms with van der Waals surface area (Å²) in [5, 5.41) is 10.5. The third-order valence-electron chi connectivity index (χ3n) is 3.66. The summed E-state index contributed by atoms with van der Waals surface area (Å²) in [6.45, 7) is 4.58. The van der Waals surface area contributed by atoms with Crippen LogP contribution in [0.25, 0.3) is 0 Å². The molecular weight excluding hydrogens is 218 g/mol. The van der Waals surface area contributed by atoms with Crippen LogP contribution in [-0.4, -0.2) is 31.2 Å². The van der Waals surface area contributed by atoms with E-state index in [9.17, 15) is 0 Å². The molecule has 0 amide bonds. The summed E-state index contributed by atoms with van der Waals surface area (Å²) >= 11 is 1.86. The molecule has 0 aromatic carbocycles. The molecular formula is C12H19N3S. The second-order valence-corrected chi connectivity index (χ2v) is 5.73. The molecule has 3 rings (SSSR count). The van der Waals surface area contributed by atoms with E-state index in [1.807, 2.05) is 11.3 Å². The monoisotopic (exact) mass is 237 g/mol. The minimum absolute atomic E-state index is 0.668. The zero-order valence-electron chi connectivity index (χ0n) is 9.54. The standard InChI is InChI=1S/C12H19N3S/c1-2-10(7-13-4-1)12-15-11(8-16-12)9-3-5-14-6-9/h8-10,13-14H,1-7H2. The Kier molecular flexibility index (Phi) is 3.22. The lowest BCUT2D eigenvalue weighted by Gasteiger charge is -2.20. The van der Waals surface area contributed by atoms with E-state index in [1.165, 1.54) is 36.5 Å². The van der Waals surface area contributed by atoms with E-state index in [4.69, 9.17) is 4.98 Å². The van der Waals surface area contributed by atoms with Crippen molar-refractivity contribution in [3.05, 3.63) is 16.1 Å². The van der Waals surface area contributed by atoms with E-state index in [2.05, 4.69) is 16.0 Å². The molecule has 88 valence electrons. The van der Waals surface area contributed by atoms with Crippen LogP contribution in [-0.2, 0) is 0 Å². The van der Waals surface area contributed by atoms with E-state index >= 15 is 0 Å². The highest BCUT2D eigenvalue weighted by Gasteiger charge is 2.22. The lowest BCUT2D eigenvalue weighted by molar-refractivity contribution is 0.459. The Balaban J connectivity index is 1.71. The zero-order chi connectivity index (χ0) is 10.8. The van der Waals surface area contributed by atoms with Crippen LogP contribution in [0.1, 0.15) is 41.8 Å². The molecule has 0 saturated carbocycles. The van der Waals surface area contributed by atoms with Crippen LogP contribution < -0.4 is 10.6 Å². The number of thiazole rings is 1. The number of rotatable bonds is 2. The fourth-order valence-corrected chi connectivity index (χ4v) is 3.68. The highest BCUT2D eigenvalue weighted by atomic mass is 32.1. The summed E-state index contributed by atoms with van der Waals surface area (Å²) in [5.41, 5.74) is 1.33. The van der Waals surface area contributed by atoms with Crippen LogP contribution in [0.2, 0.25) is 0 Å². The quantitative estimate of drug-likeness (QED) is 0.822. The van der Waals surface area contributed by atoms with Crippen molar-refractivity contribution in [1.82, 2.24) is 15.6 Å². The van der Waals surface area contributed by atoms with Crippen LogP contribution in [0.3, 0.4) is 0 Å². The first-order chi connectivity index (χ1) is 7.93. The Morgan fingerprint density at radius 1 is 1.12 bits per heavy atom. The summed E-state index contributed by atoms with van der Waals surface area (Å²) < 4.78 is 0. The molecule has 2 saturated heterocycles. The Morgan fingerprint density at radius 2 is 2.00 bits per heavy atom. The van der Waals surface area contributed by atoms with Gasteiger partial charge in [0.2, 0.25) is 0 Å². The number of aromatic nitrogens is 1. The molecule has 0 aliphatic carbocycles. The van der Waals surface area contributed by atoms with Gasteiger partial charge in [-0.25, -0.2) is 4.98 Å². The number of hydrogen-bond acceptors (Lipinski definition) is 4. The molecule has 2 fully saturated rings. The van der Waals surface area contributed by atoms with Crippen molar-refractivity contribution in [2.45, 2.75) is 31.1 Å². The lowest BCUT2D eigenvalue weighted by atomic mass is 10.0. The van der Waals surface area contributed by atoms with E-state index in [-0.39, 0.29) is 0 Å². The zero-order valence-corrected chi connectivity index (χ0v) is 10.4. The Hall–Kier alpha value is -0.450. The molecule has 2 N–H and O–H groups in total. The van der Waals surface area contributed by atoms with E-state index < -0.39 is 0 Å². The Morgan fingerprint density at radius 3 is 2.75 bits per heavy atom. The number of hydrogen-bond donors (Lipinski definition) is 2. The largest absolute Gasteiger partial charge is 0.316 e. The molecule has 4 heteroatoms. The van der Waals surface area contributed by atoms with Crippen LogP contribution in [0.4, 0.5) is 0 Å². The predicted molar refractivity (Wildman–Crippen MR) is 67.2 cm³/mol. The predicted octanol–water partition coefficient (Wildman–Crippen LogP) is 1.69. The average molecular weight is 237 g/mol. The fourth-order valence-electron chi connectivity index (χ4n) is 2.65. The van der Waals surface area contributed by atoms with Crippen LogP contribution in [0.5, 0.6) is 0 Å². The molecule has 2 aliphatic rings. The molecule has 0 spiro atoms. The normalized spacial score (nSPS) is 30.8. The summed E-state index contributed by atoms with van der Waals surface area (Å²) in [5.74, 6) is 1.34. The van der Waals surface area contributed by atoms with Crippen molar-refractivity contribution in [2.24, 2.45) is 0 Å². The second-order valence-electron chi connectivity index (χ2n) is 4.84. The van der Waals surface area contributed by atoms with Gasteiger partial charge in [-0.05, 0) is 32.4 Å². The molecule has 3 heterocycles. The maximum absolute atomic E-state index is 4.85. The molecule has 2 aliphatic heterocycles. The number of piperidine rings is 1. The first-order valence-corrected chi connectivity index (χ1v) is 7.18. The van der Waals surface area contributed by atoms with E-state index in [0.29, 0.717) is 11.8 Å². The molecule has 2 unspecified atom stereocenters. The van der Waals surface area contributed by atoms with Gasteiger partial charge >= 0.3 is 0 Å². The highest BCUT2D eigenvalue weighted by molar-refractivity contribution is 7.09. The molecule has 0 radical (unpaired) electrons. The number of nitrogens with zero attached hydrogens (tertiary/aromatic N) is 1. The van der Waals surface area contributed by atoms with Crippen LogP contribution in [0, 0.1) is 0 Å². The maximum Gasteiger partial charge on any atom is 0.0972 e. The number of nitrogens with one attached hydrogen (secondary N) is 2. The second kappa shape index (κ2) is 4.82. The third-order valence-corrected chi connectivity index (χ3v) is 4.69. The first kappa shape index (κ1) is 10.7. The fraction of sp³-hybridized carbons (Fsp3) is 0.750. The maximum atomic E-state index is 4.85. The van der Waals surface area contributed by atoms with Gasteiger partial charge in [0.05, 0.1) is 10.7 Å². The molecule has 1 aromatic rings. The molecule has 16 heavy (non-hydrogen) atoms. The Bertz CT molecular complexity index is 338. The summed E-state index contributed by atoms with van der Waals surface area (Å²) in [6, 6.07) is 0. The van der Waals surface area contributed by atoms with Gasteiger partial charge in [-0.3, -0.25) is 0 Å². The topological polar surface area (TPSA) is 37.0 Å². The smallest absolute Gasteiger partial charge is 0.0972 e. The minimum Gasteiger partial charge on any atom is -0.316 e. The molecule has 1 aromatic heterocycles. The molecule has 3 nitrogen and oxygen atoms in total. The van der Waals surface area contributed by atoms with Crippen molar-refractivity contribution in [2.75, 3.05) is 26.2 Å². The lowest BCUT2D eigenvalue weighted by Crippen LogP contribution is -2.28. The van der Waals surface area contributed by atoms with Crippen molar-refractivity contribution >= 4 is 11.3 Å². The Labute approximate surface area is 101 Å². The van der Waals surface area contributed by atoms with Crippen molar-refractivity contribution in [3.63, 3.8) is 0 Å². The van der Waals surface area contributed by atoms with Gasteiger partial charge in [0.15, 0.2) is 0 Å². The van der Waals surface area contributed by atoms with Crippen LogP contribution >= 0.6 is 11.3 Å². The van der Waals surface area contributed by atoms with Gasteiger partial charge < -0.3 is 10.6 Å². The van der Waals surface area contributed by atoms with Gasteiger partial charge in [-0.2, -0.15) is 0 Å². The third kappa shape index (κ3) is 2.14.